The van der Waals surface area contributed by atoms with Gasteiger partial charge in [0.05, 0.1) is 0 Å². The van der Waals surface area contributed by atoms with Gasteiger partial charge in [-0.15, -0.1) is 0 Å². The van der Waals surface area contributed by atoms with Crippen molar-refractivity contribution >= 4 is 6.29 Å². The van der Waals surface area contributed by atoms with Crippen LogP contribution in [0.15, 0.2) is 36.5 Å². The maximum atomic E-state index is 13.4. The molecule has 0 radical (unpaired) electrons. The van der Waals surface area contributed by atoms with Crippen LogP contribution in [-0.4, -0.2) is 11.3 Å². The molecular weight excluding hydrogens is 181 g/mol. The monoisotopic (exact) mass is 189 g/mol. The van der Waals surface area contributed by atoms with Crippen LogP contribution in [-0.2, 0) is 0 Å². The van der Waals surface area contributed by atoms with Crippen LogP contribution in [0.3, 0.4) is 0 Å². The molecule has 0 aliphatic carbocycles. The van der Waals surface area contributed by atoms with E-state index in [1.54, 1.807) is 24.4 Å². The standard InChI is InChI=1S/C11H8FNO/c12-9-4-1-3-8(7-14)11(9)10-5-2-6-13-10/h1-7,13H. The minimum absolute atomic E-state index is 0.326. The molecule has 1 aromatic carbocycles. The molecule has 0 aliphatic heterocycles. The van der Waals surface area contributed by atoms with Crippen molar-refractivity contribution in [2.45, 2.75) is 0 Å². The Morgan fingerprint density at radius 3 is 2.71 bits per heavy atom. The summed E-state index contributed by atoms with van der Waals surface area (Å²) in [5.74, 6) is -0.392. The lowest BCUT2D eigenvalue weighted by Crippen LogP contribution is -1.91. The van der Waals surface area contributed by atoms with E-state index in [1.807, 2.05) is 0 Å². The van der Waals surface area contributed by atoms with Crippen LogP contribution in [0.25, 0.3) is 11.3 Å². The molecule has 0 spiro atoms. The summed E-state index contributed by atoms with van der Waals surface area (Å²) < 4.78 is 13.4. The Morgan fingerprint density at radius 2 is 2.07 bits per heavy atom. The summed E-state index contributed by atoms with van der Waals surface area (Å²) in [6, 6.07) is 7.93. The lowest BCUT2D eigenvalue weighted by atomic mass is 10.1. The number of H-pyrrole nitrogens is 1. The summed E-state index contributed by atoms with van der Waals surface area (Å²) >= 11 is 0. The fourth-order valence-corrected chi connectivity index (χ4v) is 1.41. The predicted molar refractivity (Wildman–Crippen MR) is 51.6 cm³/mol. The summed E-state index contributed by atoms with van der Waals surface area (Å²) in [7, 11) is 0. The minimum atomic E-state index is -0.392. The molecule has 2 aromatic rings. The fraction of sp³-hybridized carbons (Fsp3) is 0. The normalized spacial score (nSPS) is 10.1. The SMILES string of the molecule is O=Cc1cccc(F)c1-c1ccc[nH]1. The first-order chi connectivity index (χ1) is 6.83. The fourth-order valence-electron chi connectivity index (χ4n) is 1.41. The third-order valence-corrected chi connectivity index (χ3v) is 2.04. The highest BCUT2D eigenvalue weighted by Gasteiger charge is 2.09. The van der Waals surface area contributed by atoms with Gasteiger partial charge in [0, 0.05) is 23.0 Å². The molecule has 2 rings (SSSR count). The van der Waals surface area contributed by atoms with E-state index in [9.17, 15) is 9.18 Å². The number of halogens is 1. The molecule has 0 unspecified atom stereocenters. The summed E-state index contributed by atoms with van der Waals surface area (Å²) in [5, 5.41) is 0. The van der Waals surface area contributed by atoms with Gasteiger partial charge >= 0.3 is 0 Å². The van der Waals surface area contributed by atoms with Crippen LogP contribution in [0, 0.1) is 5.82 Å². The summed E-state index contributed by atoms with van der Waals surface area (Å²) in [6.45, 7) is 0. The van der Waals surface area contributed by atoms with E-state index < -0.39 is 5.82 Å². The van der Waals surface area contributed by atoms with E-state index in [1.165, 1.54) is 12.1 Å². The first-order valence-electron chi connectivity index (χ1n) is 4.20. The first kappa shape index (κ1) is 8.69. The smallest absolute Gasteiger partial charge is 0.150 e. The van der Waals surface area contributed by atoms with Gasteiger partial charge in [-0.05, 0) is 18.2 Å². The highest BCUT2D eigenvalue weighted by molar-refractivity contribution is 5.86. The van der Waals surface area contributed by atoms with E-state index in [4.69, 9.17) is 0 Å². The van der Waals surface area contributed by atoms with Crippen LogP contribution in [0.1, 0.15) is 10.4 Å². The highest BCUT2D eigenvalue weighted by atomic mass is 19.1. The van der Waals surface area contributed by atoms with E-state index in [2.05, 4.69) is 4.98 Å². The number of carbonyl (C=O) groups is 1. The highest BCUT2D eigenvalue weighted by Crippen LogP contribution is 2.23. The molecule has 0 saturated heterocycles. The first-order valence-corrected chi connectivity index (χ1v) is 4.20. The zero-order valence-electron chi connectivity index (χ0n) is 7.33. The van der Waals surface area contributed by atoms with Crippen molar-refractivity contribution in [3.8, 4) is 11.3 Å². The number of nitrogens with one attached hydrogen (secondary N) is 1. The van der Waals surface area contributed by atoms with Crippen LogP contribution in [0.2, 0.25) is 0 Å². The van der Waals surface area contributed by atoms with Crippen molar-refractivity contribution in [3.05, 3.63) is 47.9 Å². The average Bonchev–Trinajstić information content (AvgIpc) is 2.70. The number of rotatable bonds is 2. The van der Waals surface area contributed by atoms with Gasteiger partial charge in [-0.25, -0.2) is 4.39 Å². The molecule has 3 heteroatoms. The van der Waals surface area contributed by atoms with Gasteiger partial charge in [0.25, 0.3) is 0 Å². The van der Waals surface area contributed by atoms with Crippen molar-refractivity contribution in [1.82, 2.24) is 4.98 Å². The average molecular weight is 189 g/mol. The number of aromatic amines is 1. The van der Waals surface area contributed by atoms with Gasteiger partial charge in [-0.1, -0.05) is 12.1 Å². The van der Waals surface area contributed by atoms with Gasteiger partial charge in [-0.2, -0.15) is 0 Å². The summed E-state index contributed by atoms with van der Waals surface area (Å²) in [6.07, 6.45) is 2.34. The molecule has 2 nitrogen and oxygen atoms in total. The van der Waals surface area contributed by atoms with Crippen LogP contribution < -0.4 is 0 Å². The molecular formula is C11H8FNO. The molecule has 0 fully saturated rings. The maximum absolute atomic E-state index is 13.4. The van der Waals surface area contributed by atoms with Crippen molar-refractivity contribution in [1.29, 1.82) is 0 Å². The minimum Gasteiger partial charge on any atom is -0.361 e. The van der Waals surface area contributed by atoms with Gasteiger partial charge in [0.1, 0.15) is 5.82 Å². The van der Waals surface area contributed by atoms with E-state index >= 15 is 0 Å². The number of carbonyl (C=O) groups excluding carboxylic acids is 1. The zero-order chi connectivity index (χ0) is 9.97. The predicted octanol–water partition coefficient (Wildman–Crippen LogP) is 2.63. The second-order valence-electron chi connectivity index (χ2n) is 2.91. The third kappa shape index (κ3) is 1.33. The van der Waals surface area contributed by atoms with Gasteiger partial charge in [-0.3, -0.25) is 4.79 Å². The Morgan fingerprint density at radius 1 is 1.21 bits per heavy atom. The molecule has 0 atom stereocenters. The van der Waals surface area contributed by atoms with Gasteiger partial charge in [0.15, 0.2) is 6.29 Å². The lowest BCUT2D eigenvalue weighted by Gasteiger charge is -2.03. The van der Waals surface area contributed by atoms with Crippen LogP contribution in [0.5, 0.6) is 0 Å². The molecule has 0 amide bonds. The number of aldehydes is 1. The molecule has 1 aromatic heterocycles. The van der Waals surface area contributed by atoms with E-state index in [0.717, 1.165) is 0 Å². The summed E-state index contributed by atoms with van der Waals surface area (Å²) in [5.41, 5.74) is 1.30. The van der Waals surface area contributed by atoms with Crippen LogP contribution in [0.4, 0.5) is 4.39 Å². The Bertz CT molecular complexity index is 448. The molecule has 14 heavy (non-hydrogen) atoms. The van der Waals surface area contributed by atoms with Crippen molar-refractivity contribution in [2.75, 3.05) is 0 Å². The third-order valence-electron chi connectivity index (χ3n) is 2.04. The zero-order valence-corrected chi connectivity index (χ0v) is 7.33. The molecule has 1 N–H and O–H groups in total. The Labute approximate surface area is 80.4 Å². The molecule has 0 aliphatic rings. The largest absolute Gasteiger partial charge is 0.361 e. The summed E-state index contributed by atoms with van der Waals surface area (Å²) in [4.78, 5) is 13.6. The number of hydrogen-bond donors (Lipinski definition) is 1. The quantitative estimate of drug-likeness (QED) is 0.724. The second-order valence-corrected chi connectivity index (χ2v) is 2.91. The number of benzene rings is 1. The number of aromatic nitrogens is 1. The Hall–Kier alpha value is -1.90. The number of hydrogen-bond acceptors (Lipinski definition) is 1. The van der Waals surface area contributed by atoms with Gasteiger partial charge < -0.3 is 4.98 Å². The van der Waals surface area contributed by atoms with E-state index in [-0.39, 0.29) is 0 Å². The molecule has 0 saturated carbocycles. The second kappa shape index (κ2) is 3.46. The van der Waals surface area contributed by atoms with Gasteiger partial charge in [0.2, 0.25) is 0 Å². The van der Waals surface area contributed by atoms with Crippen molar-refractivity contribution < 1.29 is 9.18 Å². The maximum Gasteiger partial charge on any atom is 0.150 e. The van der Waals surface area contributed by atoms with E-state index in [0.29, 0.717) is 23.1 Å². The van der Waals surface area contributed by atoms with Crippen LogP contribution >= 0.6 is 0 Å². The Kier molecular flexibility index (Phi) is 2.14. The molecule has 0 bridgehead atoms. The Balaban J connectivity index is 2.67. The lowest BCUT2D eigenvalue weighted by molar-refractivity contribution is 0.112. The van der Waals surface area contributed by atoms with Crippen molar-refractivity contribution in [2.24, 2.45) is 0 Å². The topological polar surface area (TPSA) is 32.9 Å². The molecule has 70 valence electrons. The van der Waals surface area contributed by atoms with Crippen molar-refractivity contribution in [3.63, 3.8) is 0 Å². The molecule has 1 heterocycles.